The van der Waals surface area contributed by atoms with Crippen LogP contribution in [0.3, 0.4) is 0 Å². The molecule has 1 aromatic heterocycles. The fourth-order valence-electron chi connectivity index (χ4n) is 2.21. The lowest BCUT2D eigenvalue weighted by molar-refractivity contribution is 0.577. The number of nitrogens with zero attached hydrogens (tertiary/aromatic N) is 2. The number of halogens is 2. The molecule has 0 aliphatic heterocycles. The molecule has 1 atom stereocenters. The lowest BCUT2D eigenvalue weighted by Gasteiger charge is -2.16. The smallest absolute Gasteiger partial charge is 0.126 e. The van der Waals surface area contributed by atoms with Gasteiger partial charge in [0.2, 0.25) is 0 Å². The Morgan fingerprint density at radius 2 is 1.57 bits per heavy atom. The van der Waals surface area contributed by atoms with Crippen LogP contribution in [0.5, 0.6) is 0 Å². The fraction of sp³-hybridized carbons (Fsp3) is 0.125. The molecule has 0 amide bonds. The van der Waals surface area contributed by atoms with E-state index in [0.29, 0.717) is 5.56 Å². The molecule has 3 rings (SSSR count). The topological polar surface area (TPSA) is 37.8 Å². The summed E-state index contributed by atoms with van der Waals surface area (Å²) in [5.41, 5.74) is 2.93. The minimum atomic E-state index is -0.581. The predicted molar refractivity (Wildman–Crippen MR) is 77.9 cm³/mol. The largest absolute Gasteiger partial charge is 0.378 e. The first-order valence-electron chi connectivity index (χ1n) is 6.55. The predicted octanol–water partition coefficient (Wildman–Crippen LogP) is 4.08. The third-order valence-corrected chi connectivity index (χ3v) is 3.24. The summed E-state index contributed by atoms with van der Waals surface area (Å²) < 4.78 is 26.5. The highest BCUT2D eigenvalue weighted by molar-refractivity contribution is 5.78. The van der Waals surface area contributed by atoms with Gasteiger partial charge in [-0.05, 0) is 42.8 Å². The van der Waals surface area contributed by atoms with Crippen LogP contribution < -0.4 is 5.32 Å². The van der Waals surface area contributed by atoms with Gasteiger partial charge in [-0.2, -0.15) is 0 Å². The minimum absolute atomic E-state index is 0.232. The highest BCUT2D eigenvalue weighted by Crippen LogP contribution is 2.22. The second-order valence-electron chi connectivity index (χ2n) is 4.83. The van der Waals surface area contributed by atoms with Gasteiger partial charge in [-0.25, -0.2) is 8.78 Å². The molecular formula is C16H13F2N3. The van der Waals surface area contributed by atoms with Crippen molar-refractivity contribution in [3.8, 4) is 0 Å². The lowest BCUT2D eigenvalue weighted by Crippen LogP contribution is -2.07. The molecule has 3 nitrogen and oxygen atoms in total. The summed E-state index contributed by atoms with van der Waals surface area (Å²) in [6.45, 7) is 1.84. The van der Waals surface area contributed by atoms with Crippen molar-refractivity contribution in [1.82, 2.24) is 9.97 Å². The molecule has 2 aromatic carbocycles. The van der Waals surface area contributed by atoms with Crippen molar-refractivity contribution < 1.29 is 8.78 Å². The van der Waals surface area contributed by atoms with Gasteiger partial charge in [0.05, 0.1) is 11.0 Å². The van der Waals surface area contributed by atoms with Gasteiger partial charge in [0.15, 0.2) is 0 Å². The van der Waals surface area contributed by atoms with E-state index in [1.165, 1.54) is 12.1 Å². The van der Waals surface area contributed by atoms with Crippen LogP contribution >= 0.6 is 0 Å². The van der Waals surface area contributed by atoms with Crippen molar-refractivity contribution in [2.24, 2.45) is 0 Å². The molecule has 0 spiro atoms. The highest BCUT2D eigenvalue weighted by atomic mass is 19.1. The summed E-state index contributed by atoms with van der Waals surface area (Å²) in [6.07, 6.45) is 3.26. The molecule has 106 valence electrons. The van der Waals surface area contributed by atoms with Crippen LogP contribution in [0.4, 0.5) is 14.5 Å². The van der Waals surface area contributed by atoms with Crippen LogP contribution in [0.2, 0.25) is 0 Å². The first-order valence-corrected chi connectivity index (χ1v) is 6.55. The number of hydrogen-bond donors (Lipinski definition) is 1. The fourth-order valence-corrected chi connectivity index (χ4v) is 2.21. The Morgan fingerprint density at radius 3 is 2.29 bits per heavy atom. The molecule has 1 heterocycles. The number of anilines is 1. The van der Waals surface area contributed by atoms with Crippen LogP contribution in [0.25, 0.3) is 11.0 Å². The molecule has 0 fully saturated rings. The minimum Gasteiger partial charge on any atom is -0.378 e. The molecule has 0 saturated carbocycles. The second-order valence-corrected chi connectivity index (χ2v) is 4.83. The Hall–Kier alpha value is -2.56. The summed E-state index contributed by atoms with van der Waals surface area (Å²) in [5.74, 6) is -1.16. The van der Waals surface area contributed by atoms with Gasteiger partial charge < -0.3 is 5.32 Å². The Kier molecular flexibility index (Phi) is 3.48. The highest BCUT2D eigenvalue weighted by Gasteiger charge is 2.09. The molecule has 0 radical (unpaired) electrons. The van der Waals surface area contributed by atoms with Gasteiger partial charge in [-0.15, -0.1) is 0 Å². The van der Waals surface area contributed by atoms with Crippen LogP contribution in [0, 0.1) is 11.6 Å². The molecule has 0 bridgehead atoms. The van der Waals surface area contributed by atoms with Crippen molar-refractivity contribution >= 4 is 16.7 Å². The summed E-state index contributed by atoms with van der Waals surface area (Å²) in [7, 11) is 0. The molecule has 0 aliphatic rings. The van der Waals surface area contributed by atoms with Crippen molar-refractivity contribution in [1.29, 1.82) is 0 Å². The van der Waals surface area contributed by atoms with Gasteiger partial charge in [-0.1, -0.05) is 0 Å². The number of nitrogens with one attached hydrogen (secondary N) is 1. The van der Waals surface area contributed by atoms with Gasteiger partial charge in [-0.3, -0.25) is 9.97 Å². The second kappa shape index (κ2) is 5.44. The molecule has 0 saturated heterocycles. The molecule has 1 unspecified atom stereocenters. The maximum atomic E-state index is 13.2. The Morgan fingerprint density at radius 1 is 0.905 bits per heavy atom. The first kappa shape index (κ1) is 13.4. The summed E-state index contributed by atoms with van der Waals surface area (Å²) in [5, 5.41) is 3.20. The van der Waals surface area contributed by atoms with Crippen LogP contribution in [-0.2, 0) is 0 Å². The lowest BCUT2D eigenvalue weighted by atomic mass is 10.1. The zero-order valence-electron chi connectivity index (χ0n) is 11.3. The van der Waals surface area contributed by atoms with E-state index < -0.39 is 11.6 Å². The third kappa shape index (κ3) is 2.97. The van der Waals surface area contributed by atoms with Gasteiger partial charge in [0.1, 0.15) is 11.6 Å². The van der Waals surface area contributed by atoms with Gasteiger partial charge >= 0.3 is 0 Å². The van der Waals surface area contributed by atoms with Crippen molar-refractivity contribution in [3.05, 3.63) is 66.0 Å². The van der Waals surface area contributed by atoms with Crippen molar-refractivity contribution in [2.45, 2.75) is 13.0 Å². The Labute approximate surface area is 120 Å². The average molecular weight is 285 g/mol. The maximum Gasteiger partial charge on any atom is 0.126 e. The van der Waals surface area contributed by atoms with E-state index in [1.54, 1.807) is 12.4 Å². The molecule has 21 heavy (non-hydrogen) atoms. The Bertz CT molecular complexity index is 769. The van der Waals surface area contributed by atoms with E-state index in [1.807, 2.05) is 25.1 Å². The molecular weight excluding hydrogens is 272 g/mol. The number of hydrogen-bond acceptors (Lipinski definition) is 3. The molecule has 5 heteroatoms. The first-order chi connectivity index (χ1) is 10.1. The van der Waals surface area contributed by atoms with E-state index in [0.717, 1.165) is 22.8 Å². The van der Waals surface area contributed by atoms with Crippen LogP contribution in [0.15, 0.2) is 48.8 Å². The number of benzene rings is 2. The molecule has 3 aromatic rings. The number of fused-ring (bicyclic) bond motifs is 1. The quantitative estimate of drug-likeness (QED) is 0.788. The summed E-state index contributed by atoms with van der Waals surface area (Å²) in [4.78, 5) is 8.42. The Balaban J connectivity index is 1.86. The zero-order valence-corrected chi connectivity index (χ0v) is 11.3. The van der Waals surface area contributed by atoms with E-state index in [9.17, 15) is 8.78 Å². The van der Waals surface area contributed by atoms with E-state index >= 15 is 0 Å². The maximum absolute atomic E-state index is 13.2. The summed E-state index contributed by atoms with van der Waals surface area (Å²) >= 11 is 0. The van der Waals surface area contributed by atoms with Gasteiger partial charge in [0.25, 0.3) is 0 Å². The van der Waals surface area contributed by atoms with E-state index in [-0.39, 0.29) is 6.04 Å². The molecule has 1 N–H and O–H groups in total. The SMILES string of the molecule is CC(Nc1ccc2nccnc2c1)c1cc(F)cc(F)c1. The summed E-state index contributed by atoms with van der Waals surface area (Å²) in [6, 6.07) is 8.84. The monoisotopic (exact) mass is 285 g/mol. The van der Waals surface area contributed by atoms with E-state index in [2.05, 4.69) is 15.3 Å². The third-order valence-electron chi connectivity index (χ3n) is 3.24. The van der Waals surface area contributed by atoms with Crippen molar-refractivity contribution in [3.63, 3.8) is 0 Å². The van der Waals surface area contributed by atoms with E-state index in [4.69, 9.17) is 0 Å². The van der Waals surface area contributed by atoms with Crippen LogP contribution in [-0.4, -0.2) is 9.97 Å². The van der Waals surface area contributed by atoms with Gasteiger partial charge in [0, 0.05) is 30.2 Å². The van der Waals surface area contributed by atoms with Crippen molar-refractivity contribution in [2.75, 3.05) is 5.32 Å². The number of rotatable bonds is 3. The zero-order chi connectivity index (χ0) is 14.8. The number of aromatic nitrogens is 2. The average Bonchev–Trinajstić information content (AvgIpc) is 2.46. The molecule has 0 aliphatic carbocycles. The normalized spacial score (nSPS) is 12.3. The van der Waals surface area contributed by atoms with Crippen LogP contribution in [0.1, 0.15) is 18.5 Å². The standard InChI is InChI=1S/C16H13F2N3/c1-10(11-6-12(17)8-13(18)7-11)21-14-2-3-15-16(9-14)20-5-4-19-15/h2-10,21H,1H3.